The molecule has 2 aromatic carbocycles. The van der Waals surface area contributed by atoms with Crippen LogP contribution in [0.1, 0.15) is 87.9 Å². The fraction of sp³-hybridized carbons (Fsp3) is 0.440. The molecule has 0 aliphatic carbocycles. The van der Waals surface area contributed by atoms with E-state index in [1.807, 2.05) is 66.2 Å². The summed E-state index contributed by atoms with van der Waals surface area (Å²) in [5.41, 5.74) is 8.74. The number of H-pyrrole nitrogens is 1. The average molecular weight is 853 g/mol. The molecule has 63 heavy (non-hydrogen) atoms. The first-order valence-electron chi connectivity index (χ1n) is 22.0. The molecular formula is C50H56N6O7. The van der Waals surface area contributed by atoms with Crippen molar-refractivity contribution in [2.24, 2.45) is 22.7 Å². The number of esters is 1. The van der Waals surface area contributed by atoms with Crippen LogP contribution in [0.4, 0.5) is 0 Å². The van der Waals surface area contributed by atoms with Gasteiger partial charge in [0.2, 0.25) is 17.7 Å². The normalized spacial score (nSPS) is 21.4. The monoisotopic (exact) mass is 852 g/mol. The summed E-state index contributed by atoms with van der Waals surface area (Å²) in [5.74, 6) is 6.15. The number of benzene rings is 2. The summed E-state index contributed by atoms with van der Waals surface area (Å²) in [6, 6.07) is 14.9. The lowest BCUT2D eigenvalue weighted by molar-refractivity contribution is -0.149. The van der Waals surface area contributed by atoms with Crippen LogP contribution < -0.4 is 5.32 Å². The van der Waals surface area contributed by atoms with Gasteiger partial charge in [-0.15, -0.1) is 0 Å². The number of aromatic amines is 1. The molecule has 0 spiro atoms. The highest BCUT2D eigenvalue weighted by atomic mass is 16.5. The molecule has 4 atom stereocenters. The number of hydrogen-bond donors (Lipinski definition) is 2. The van der Waals surface area contributed by atoms with E-state index in [1.54, 1.807) is 6.20 Å². The number of methoxy groups -OCH3 is 1. The van der Waals surface area contributed by atoms with E-state index in [-0.39, 0.29) is 54.0 Å². The van der Waals surface area contributed by atoms with Gasteiger partial charge in [0.05, 0.1) is 37.4 Å². The summed E-state index contributed by atoms with van der Waals surface area (Å²) in [4.78, 5) is 69.4. The highest BCUT2D eigenvalue weighted by Gasteiger charge is 2.41. The predicted molar refractivity (Wildman–Crippen MR) is 239 cm³/mol. The van der Waals surface area contributed by atoms with E-state index in [1.165, 1.54) is 14.0 Å². The van der Waals surface area contributed by atoms with Gasteiger partial charge in [-0.25, -0.2) is 4.98 Å². The number of rotatable bonds is 11. The SMILES string of the molecule is COC(=O)C[C@H](C(=O)N1CC(C)=CC1C1=NC=C(c2ccc(C#Cc3ccc(-c4cnc(C5C=C(C)CN5C(=O)[C@@H](NC(C)=O)C5CCOCC5)[nH]4)cc3)cc2)C1)C1CCOCC1. The number of nitrogens with one attached hydrogen (secondary N) is 2. The molecule has 3 amide bonds. The van der Waals surface area contributed by atoms with Crippen LogP contribution in [-0.4, -0.2) is 108 Å². The lowest BCUT2D eigenvalue weighted by atomic mass is 9.82. The van der Waals surface area contributed by atoms with Crippen LogP contribution in [0.25, 0.3) is 16.8 Å². The van der Waals surface area contributed by atoms with Crippen LogP contribution in [0.3, 0.4) is 0 Å². The maximum absolute atomic E-state index is 14.1. The Morgan fingerprint density at radius 3 is 1.98 bits per heavy atom. The molecule has 13 nitrogen and oxygen atoms in total. The van der Waals surface area contributed by atoms with E-state index >= 15 is 0 Å². The Morgan fingerprint density at radius 1 is 0.810 bits per heavy atom. The number of aromatic nitrogens is 2. The van der Waals surface area contributed by atoms with Gasteiger partial charge >= 0.3 is 5.97 Å². The van der Waals surface area contributed by atoms with Crippen molar-refractivity contribution in [1.82, 2.24) is 25.1 Å². The number of carbonyl (C=O) groups is 4. The third-order valence-corrected chi connectivity index (χ3v) is 12.9. The van der Waals surface area contributed by atoms with Crippen LogP contribution in [0, 0.1) is 29.6 Å². The van der Waals surface area contributed by atoms with E-state index in [0.29, 0.717) is 51.8 Å². The molecule has 0 radical (unpaired) electrons. The van der Waals surface area contributed by atoms with Crippen molar-refractivity contribution in [2.45, 2.75) is 77.4 Å². The number of aliphatic imine (C=N–C) groups is 1. The molecule has 2 saturated heterocycles. The van der Waals surface area contributed by atoms with Gasteiger partial charge < -0.3 is 34.3 Å². The molecule has 328 valence electrons. The number of hydrogen-bond acceptors (Lipinski definition) is 9. The summed E-state index contributed by atoms with van der Waals surface area (Å²) in [5, 5.41) is 2.93. The molecule has 2 unspecified atom stereocenters. The molecule has 0 saturated carbocycles. The van der Waals surface area contributed by atoms with Crippen LogP contribution in [0.15, 0.2) is 89.2 Å². The molecule has 2 fully saturated rings. The van der Waals surface area contributed by atoms with E-state index < -0.39 is 12.0 Å². The number of imidazole rings is 1. The second-order valence-electron chi connectivity index (χ2n) is 17.4. The van der Waals surface area contributed by atoms with Gasteiger partial charge in [0, 0.05) is 75.9 Å². The average Bonchev–Trinajstić information content (AvgIpc) is 4.14. The van der Waals surface area contributed by atoms with Crippen LogP contribution in [0.2, 0.25) is 0 Å². The fourth-order valence-electron chi connectivity index (χ4n) is 9.45. The second kappa shape index (κ2) is 19.5. The van der Waals surface area contributed by atoms with E-state index in [9.17, 15) is 19.2 Å². The van der Waals surface area contributed by atoms with E-state index in [2.05, 4.69) is 46.4 Å². The number of ether oxygens (including phenoxy) is 3. The highest BCUT2D eigenvalue weighted by molar-refractivity contribution is 6.05. The maximum atomic E-state index is 14.1. The molecular weight excluding hydrogens is 797 g/mol. The minimum absolute atomic E-state index is 0.0176. The summed E-state index contributed by atoms with van der Waals surface area (Å²) in [6.07, 6.45) is 11.5. The van der Waals surface area contributed by atoms with Crippen LogP contribution >= 0.6 is 0 Å². The Balaban J connectivity index is 0.882. The van der Waals surface area contributed by atoms with Gasteiger partial charge in [-0.3, -0.25) is 24.2 Å². The van der Waals surface area contributed by atoms with E-state index in [4.69, 9.17) is 24.2 Å². The standard InChI is InChI=1S/C50H56N6O7/c1-31-23-44(55(29-31)49(59)41(26-46(58)61-4)37-15-19-62-20-16-37)42-25-40(27-51-42)36-11-7-34(8-12-36)5-6-35-9-13-38(14-10-35)43-28-52-48(54-43)45-24-32(2)30-56(45)50(60)47(53-33(3)57)39-17-21-63-22-18-39/h7-14,23-24,27-28,37,39,41,44-45,47H,15-22,25-26,29-30H2,1-4H3,(H,52,54)(H,53,57)/t41-,44?,45?,47-/m0/s1. The molecule has 6 heterocycles. The van der Waals surface area contributed by atoms with Crippen molar-refractivity contribution in [3.05, 3.63) is 107 Å². The van der Waals surface area contributed by atoms with Gasteiger partial charge in [0.25, 0.3) is 0 Å². The number of carbonyl (C=O) groups excluding carboxylic acids is 4. The Labute approximate surface area is 369 Å². The zero-order chi connectivity index (χ0) is 44.0. The second-order valence-corrected chi connectivity index (χ2v) is 17.4. The Bertz CT molecular complexity index is 2390. The molecule has 13 heteroatoms. The molecule has 1 aromatic heterocycles. The number of nitrogens with zero attached hydrogens (tertiary/aromatic N) is 4. The Morgan fingerprint density at radius 2 is 1.38 bits per heavy atom. The largest absolute Gasteiger partial charge is 0.469 e. The summed E-state index contributed by atoms with van der Waals surface area (Å²) in [7, 11) is 1.37. The van der Waals surface area contributed by atoms with Gasteiger partial charge in [-0.05, 0) is 92.3 Å². The van der Waals surface area contributed by atoms with Crippen molar-refractivity contribution in [2.75, 3.05) is 46.6 Å². The predicted octanol–water partition coefficient (Wildman–Crippen LogP) is 6.19. The first-order chi connectivity index (χ1) is 30.5. The number of allylic oxidation sites excluding steroid dienone is 1. The lowest BCUT2D eigenvalue weighted by Crippen LogP contribution is -2.53. The third kappa shape index (κ3) is 10.1. The van der Waals surface area contributed by atoms with Crippen molar-refractivity contribution >= 4 is 35.0 Å². The first-order valence-corrected chi connectivity index (χ1v) is 22.0. The van der Waals surface area contributed by atoms with Crippen molar-refractivity contribution in [3.8, 4) is 23.1 Å². The molecule has 8 rings (SSSR count). The topological polar surface area (TPSA) is 156 Å². The Hall–Kier alpha value is -6.10. The Kier molecular flexibility index (Phi) is 13.5. The summed E-state index contributed by atoms with van der Waals surface area (Å²) < 4.78 is 16.1. The minimum atomic E-state index is -0.611. The summed E-state index contributed by atoms with van der Waals surface area (Å²) in [6.45, 7) is 8.83. The summed E-state index contributed by atoms with van der Waals surface area (Å²) >= 11 is 0. The van der Waals surface area contributed by atoms with Crippen molar-refractivity contribution in [3.63, 3.8) is 0 Å². The zero-order valence-electron chi connectivity index (χ0n) is 36.5. The molecule has 0 bridgehead atoms. The fourth-order valence-corrected chi connectivity index (χ4v) is 9.45. The molecule has 5 aliphatic heterocycles. The van der Waals surface area contributed by atoms with Gasteiger partial charge in [-0.2, -0.15) is 0 Å². The maximum Gasteiger partial charge on any atom is 0.306 e. The highest BCUT2D eigenvalue weighted by Crippen LogP contribution is 2.35. The minimum Gasteiger partial charge on any atom is -0.469 e. The molecule has 3 aromatic rings. The molecule has 2 N–H and O–H groups in total. The van der Waals surface area contributed by atoms with Gasteiger partial charge in [0.15, 0.2) is 0 Å². The zero-order valence-corrected chi connectivity index (χ0v) is 36.5. The lowest BCUT2D eigenvalue weighted by Gasteiger charge is -2.34. The van der Waals surface area contributed by atoms with E-state index in [0.717, 1.165) is 76.1 Å². The third-order valence-electron chi connectivity index (χ3n) is 12.9. The van der Waals surface area contributed by atoms with Crippen molar-refractivity contribution < 1.29 is 33.4 Å². The quantitative estimate of drug-likeness (QED) is 0.132. The van der Waals surface area contributed by atoms with Gasteiger partial charge in [-0.1, -0.05) is 59.4 Å². The van der Waals surface area contributed by atoms with Crippen molar-refractivity contribution in [1.29, 1.82) is 0 Å². The molecule has 5 aliphatic rings. The number of amides is 3. The van der Waals surface area contributed by atoms with Crippen LogP contribution in [-0.2, 0) is 33.4 Å². The van der Waals surface area contributed by atoms with Crippen LogP contribution in [0.5, 0.6) is 0 Å². The smallest absolute Gasteiger partial charge is 0.306 e. The van der Waals surface area contributed by atoms with Gasteiger partial charge in [0.1, 0.15) is 17.9 Å². The first kappa shape index (κ1) is 43.5.